The van der Waals surface area contributed by atoms with E-state index in [0.717, 1.165) is 23.1 Å². The van der Waals surface area contributed by atoms with Gasteiger partial charge >= 0.3 is 0 Å². The Balaban J connectivity index is 1.29. The molecule has 0 saturated carbocycles. The van der Waals surface area contributed by atoms with Crippen LogP contribution < -0.4 is 0 Å². The van der Waals surface area contributed by atoms with Gasteiger partial charge in [0.25, 0.3) is 0 Å². The van der Waals surface area contributed by atoms with Gasteiger partial charge in [-0.3, -0.25) is 0 Å². The Bertz CT molecular complexity index is 1870. The number of para-hydroxylation sites is 3. The number of hydrogen-bond acceptors (Lipinski definition) is 2. The molecule has 0 atom stereocenters. The van der Waals surface area contributed by atoms with Gasteiger partial charge in [0.05, 0.1) is 11.0 Å². The number of fused-ring (bicyclic) bond motifs is 4. The molecule has 3 nitrogen and oxygen atoms in total. The third kappa shape index (κ3) is 3.88. The summed E-state index contributed by atoms with van der Waals surface area (Å²) in [7, 11) is 0. The first-order valence-electron chi connectivity index (χ1n) is 13.2. The van der Waals surface area contributed by atoms with E-state index in [0.29, 0.717) is 11.8 Å². The maximum absolute atomic E-state index is 5.96. The summed E-state index contributed by atoms with van der Waals surface area (Å²) in [6.45, 7) is 4.53. The van der Waals surface area contributed by atoms with E-state index < -0.39 is 0 Å². The SMILES string of the molecule is CC(C)Cc1ccc(-n2c3ccccc3c3cc(-c4ccc(-c5nc6ccccc6o5)cc4)ccc32)cc1. The third-order valence-corrected chi connectivity index (χ3v) is 7.27. The van der Waals surface area contributed by atoms with Crippen molar-refractivity contribution < 1.29 is 4.42 Å². The molecule has 5 aromatic carbocycles. The third-order valence-electron chi connectivity index (χ3n) is 7.27. The van der Waals surface area contributed by atoms with Crippen molar-refractivity contribution in [2.24, 2.45) is 5.92 Å². The molecule has 0 spiro atoms. The van der Waals surface area contributed by atoms with E-state index in [-0.39, 0.29) is 0 Å². The van der Waals surface area contributed by atoms with Gasteiger partial charge in [0.1, 0.15) is 5.52 Å². The van der Waals surface area contributed by atoms with Crippen LogP contribution >= 0.6 is 0 Å². The first-order valence-corrected chi connectivity index (χ1v) is 13.2. The lowest BCUT2D eigenvalue weighted by Crippen LogP contribution is -1.97. The molecule has 2 aromatic heterocycles. The molecule has 0 aliphatic carbocycles. The fraction of sp³-hybridized carbons (Fsp3) is 0.114. The van der Waals surface area contributed by atoms with Crippen LogP contribution in [0.4, 0.5) is 0 Å². The molecule has 38 heavy (non-hydrogen) atoms. The number of oxazole rings is 1. The molecule has 7 rings (SSSR count). The van der Waals surface area contributed by atoms with E-state index in [2.05, 4.69) is 114 Å². The van der Waals surface area contributed by atoms with Gasteiger partial charge in [-0.1, -0.05) is 74.5 Å². The van der Waals surface area contributed by atoms with Crippen LogP contribution in [-0.2, 0) is 6.42 Å². The monoisotopic (exact) mass is 492 g/mol. The number of nitrogens with zero attached hydrogens (tertiary/aromatic N) is 2. The molecule has 0 radical (unpaired) electrons. The fourth-order valence-corrected chi connectivity index (χ4v) is 5.48. The lowest BCUT2D eigenvalue weighted by Gasteiger charge is -2.10. The van der Waals surface area contributed by atoms with E-state index in [4.69, 9.17) is 4.42 Å². The molecule has 184 valence electrons. The molecule has 0 bridgehead atoms. The summed E-state index contributed by atoms with van der Waals surface area (Å²) in [4.78, 5) is 4.64. The van der Waals surface area contributed by atoms with Crippen LogP contribution in [0.2, 0.25) is 0 Å². The molecular formula is C35H28N2O. The Kier molecular flexibility index (Phi) is 5.36. The minimum absolute atomic E-state index is 0.649. The Labute approximate surface area is 222 Å². The molecule has 0 amide bonds. The highest BCUT2D eigenvalue weighted by Crippen LogP contribution is 2.35. The smallest absolute Gasteiger partial charge is 0.227 e. The highest BCUT2D eigenvalue weighted by molar-refractivity contribution is 6.10. The molecule has 0 aliphatic heterocycles. The molecule has 2 heterocycles. The molecule has 0 saturated heterocycles. The second-order valence-electron chi connectivity index (χ2n) is 10.4. The summed E-state index contributed by atoms with van der Waals surface area (Å²) >= 11 is 0. The highest BCUT2D eigenvalue weighted by atomic mass is 16.3. The summed E-state index contributed by atoms with van der Waals surface area (Å²) in [5.74, 6) is 1.30. The molecular weight excluding hydrogens is 464 g/mol. The normalized spacial score (nSPS) is 11.8. The number of aromatic nitrogens is 2. The van der Waals surface area contributed by atoms with Crippen molar-refractivity contribution in [3.8, 4) is 28.3 Å². The van der Waals surface area contributed by atoms with Gasteiger partial charge in [-0.05, 0) is 83.6 Å². The summed E-state index contributed by atoms with van der Waals surface area (Å²) < 4.78 is 8.34. The number of rotatable bonds is 5. The molecule has 0 unspecified atom stereocenters. The average molecular weight is 493 g/mol. The first kappa shape index (κ1) is 22.6. The van der Waals surface area contributed by atoms with Crippen LogP contribution in [0.3, 0.4) is 0 Å². The van der Waals surface area contributed by atoms with Gasteiger partial charge in [-0.2, -0.15) is 0 Å². The molecule has 0 fully saturated rings. The van der Waals surface area contributed by atoms with Crippen molar-refractivity contribution in [2.75, 3.05) is 0 Å². The van der Waals surface area contributed by atoms with Crippen LogP contribution in [0.15, 0.2) is 120 Å². The first-order chi connectivity index (χ1) is 18.6. The standard InChI is InChI=1S/C35H28N2O/c1-23(2)21-24-11-18-28(19-12-24)37-32-9-5-3-7-29(32)30-22-27(17-20-33(30)37)25-13-15-26(16-14-25)35-36-31-8-4-6-10-34(31)38-35/h3-20,22-23H,21H2,1-2H3. The Hall–Kier alpha value is -4.63. The Morgan fingerprint density at radius 2 is 1.34 bits per heavy atom. The van der Waals surface area contributed by atoms with Gasteiger partial charge in [0, 0.05) is 22.0 Å². The molecule has 3 heteroatoms. The number of hydrogen-bond donors (Lipinski definition) is 0. The van der Waals surface area contributed by atoms with Crippen molar-refractivity contribution in [1.82, 2.24) is 9.55 Å². The molecule has 0 aliphatic rings. The summed E-state index contributed by atoms with van der Waals surface area (Å²) in [5, 5.41) is 2.52. The molecule has 0 N–H and O–H groups in total. The largest absolute Gasteiger partial charge is 0.436 e. The van der Waals surface area contributed by atoms with E-state index in [9.17, 15) is 0 Å². The zero-order chi connectivity index (χ0) is 25.6. The summed E-state index contributed by atoms with van der Waals surface area (Å²) in [6.07, 6.45) is 1.10. The van der Waals surface area contributed by atoms with E-state index in [1.54, 1.807) is 0 Å². The number of benzene rings is 5. The second-order valence-corrected chi connectivity index (χ2v) is 10.4. The van der Waals surface area contributed by atoms with Crippen LogP contribution in [0.1, 0.15) is 19.4 Å². The Morgan fingerprint density at radius 3 is 2.13 bits per heavy atom. The van der Waals surface area contributed by atoms with Crippen LogP contribution in [-0.4, -0.2) is 9.55 Å². The van der Waals surface area contributed by atoms with Gasteiger partial charge in [-0.25, -0.2) is 4.98 Å². The van der Waals surface area contributed by atoms with Crippen molar-refractivity contribution in [2.45, 2.75) is 20.3 Å². The Morgan fingerprint density at radius 1 is 0.658 bits per heavy atom. The van der Waals surface area contributed by atoms with Crippen molar-refractivity contribution in [1.29, 1.82) is 0 Å². The minimum Gasteiger partial charge on any atom is -0.436 e. The predicted molar refractivity (Wildman–Crippen MR) is 158 cm³/mol. The van der Waals surface area contributed by atoms with Crippen LogP contribution in [0.25, 0.3) is 61.2 Å². The van der Waals surface area contributed by atoms with E-state index in [1.165, 1.54) is 44.2 Å². The maximum Gasteiger partial charge on any atom is 0.227 e. The zero-order valence-corrected chi connectivity index (χ0v) is 21.6. The van der Waals surface area contributed by atoms with E-state index >= 15 is 0 Å². The van der Waals surface area contributed by atoms with Crippen LogP contribution in [0, 0.1) is 5.92 Å². The molecule has 7 aromatic rings. The zero-order valence-electron chi connectivity index (χ0n) is 21.6. The topological polar surface area (TPSA) is 31.0 Å². The van der Waals surface area contributed by atoms with Gasteiger partial charge in [-0.15, -0.1) is 0 Å². The quantitative estimate of drug-likeness (QED) is 0.240. The fourth-order valence-electron chi connectivity index (χ4n) is 5.48. The van der Waals surface area contributed by atoms with Crippen molar-refractivity contribution in [3.63, 3.8) is 0 Å². The lowest BCUT2D eigenvalue weighted by molar-refractivity contribution is 0.620. The highest BCUT2D eigenvalue weighted by Gasteiger charge is 2.14. The van der Waals surface area contributed by atoms with Crippen molar-refractivity contribution >= 4 is 32.9 Å². The average Bonchev–Trinajstić information content (AvgIpc) is 3.53. The maximum atomic E-state index is 5.96. The van der Waals surface area contributed by atoms with Gasteiger partial charge in [0.2, 0.25) is 5.89 Å². The summed E-state index contributed by atoms with van der Waals surface area (Å²) in [6, 6.07) is 40.9. The second kappa shape index (κ2) is 9.04. The van der Waals surface area contributed by atoms with Crippen molar-refractivity contribution in [3.05, 3.63) is 121 Å². The summed E-state index contributed by atoms with van der Waals surface area (Å²) in [5.41, 5.74) is 10.0. The van der Waals surface area contributed by atoms with Gasteiger partial charge < -0.3 is 8.98 Å². The lowest BCUT2D eigenvalue weighted by atomic mass is 10.0. The minimum atomic E-state index is 0.649. The van der Waals surface area contributed by atoms with Crippen LogP contribution in [0.5, 0.6) is 0 Å². The van der Waals surface area contributed by atoms with E-state index in [1.807, 2.05) is 24.3 Å². The van der Waals surface area contributed by atoms with Gasteiger partial charge in [0.15, 0.2) is 5.58 Å². The predicted octanol–water partition coefficient (Wildman–Crippen LogP) is 9.46.